The number of phenolic OH excluding ortho intramolecular Hbond substituents is 4. The molecule has 0 bridgehead atoms. The minimum absolute atomic E-state index is 0.0250. The minimum Gasteiger partial charge on any atom is -0.504 e. The van der Waals surface area contributed by atoms with E-state index >= 15 is 0 Å². The van der Waals surface area contributed by atoms with Crippen molar-refractivity contribution in [3.8, 4) is 23.0 Å². The molecule has 0 radical (unpaired) electrons. The fraction of sp³-hybridized carbons (Fsp3) is 0.360. The fourth-order valence-corrected chi connectivity index (χ4v) is 3.30. The molecular weight excluding hydrogens is 438 g/mol. The largest absolute Gasteiger partial charge is 0.504 e. The molecule has 0 aliphatic heterocycles. The molecule has 9 heteroatoms. The molecule has 2 rings (SSSR count). The van der Waals surface area contributed by atoms with E-state index in [4.69, 9.17) is 5.73 Å². The van der Waals surface area contributed by atoms with Crippen LogP contribution in [0.1, 0.15) is 36.8 Å². The van der Waals surface area contributed by atoms with Crippen LogP contribution in [0.2, 0.25) is 0 Å². The van der Waals surface area contributed by atoms with Crippen molar-refractivity contribution < 1.29 is 30.0 Å². The number of carbonyl (C=O) groups is 2. The van der Waals surface area contributed by atoms with Gasteiger partial charge in [0.1, 0.15) is 0 Å². The fourth-order valence-electron chi connectivity index (χ4n) is 3.30. The number of nitrogens with zero attached hydrogens (tertiary/aromatic N) is 1. The van der Waals surface area contributed by atoms with Gasteiger partial charge < -0.3 is 36.4 Å². The molecule has 0 aromatic heterocycles. The van der Waals surface area contributed by atoms with Crippen molar-refractivity contribution in [2.75, 3.05) is 26.2 Å². The van der Waals surface area contributed by atoms with Crippen molar-refractivity contribution in [2.24, 2.45) is 5.73 Å². The number of hydrogen-bond donors (Lipinski definition) is 6. The van der Waals surface area contributed by atoms with Crippen LogP contribution in [0.4, 0.5) is 0 Å². The molecule has 0 unspecified atom stereocenters. The highest BCUT2D eigenvalue weighted by Crippen LogP contribution is 2.26. The first-order valence-electron chi connectivity index (χ1n) is 11.3. The molecule has 0 aliphatic rings. The van der Waals surface area contributed by atoms with Crippen LogP contribution >= 0.6 is 0 Å². The zero-order valence-electron chi connectivity index (χ0n) is 19.1. The van der Waals surface area contributed by atoms with Gasteiger partial charge in [0.15, 0.2) is 23.0 Å². The van der Waals surface area contributed by atoms with Crippen molar-refractivity contribution in [1.29, 1.82) is 0 Å². The van der Waals surface area contributed by atoms with Crippen LogP contribution in [0, 0.1) is 0 Å². The molecule has 2 aromatic carbocycles. The number of benzene rings is 2. The lowest BCUT2D eigenvalue weighted by Gasteiger charge is -2.23. The summed E-state index contributed by atoms with van der Waals surface area (Å²) in [5.41, 5.74) is 6.89. The molecule has 0 fully saturated rings. The summed E-state index contributed by atoms with van der Waals surface area (Å²) in [5, 5.41) is 40.6. The number of amides is 2. The Bertz CT molecular complexity index is 993. The molecule has 2 aromatic rings. The maximum absolute atomic E-state index is 12.7. The zero-order chi connectivity index (χ0) is 24.9. The zero-order valence-corrected chi connectivity index (χ0v) is 19.1. The van der Waals surface area contributed by atoms with E-state index in [0.717, 1.165) is 18.4 Å². The Labute approximate surface area is 199 Å². The van der Waals surface area contributed by atoms with E-state index in [1.807, 2.05) is 0 Å². The van der Waals surface area contributed by atoms with Crippen LogP contribution in [-0.4, -0.2) is 63.3 Å². The molecule has 0 saturated carbocycles. The number of aromatic hydroxyl groups is 4. The summed E-state index contributed by atoms with van der Waals surface area (Å²) < 4.78 is 0. The average molecular weight is 472 g/mol. The normalized spacial score (nSPS) is 11.0. The quantitative estimate of drug-likeness (QED) is 0.149. The number of phenols is 4. The Morgan fingerprint density at radius 1 is 0.882 bits per heavy atom. The number of nitrogens with two attached hydrogens (primary N) is 1. The molecule has 184 valence electrons. The first kappa shape index (κ1) is 26.5. The third-order valence-corrected chi connectivity index (χ3v) is 5.23. The van der Waals surface area contributed by atoms with Crippen LogP contribution in [0.5, 0.6) is 23.0 Å². The summed E-state index contributed by atoms with van der Waals surface area (Å²) in [6, 6.07) is 8.78. The maximum Gasteiger partial charge on any atom is 0.244 e. The van der Waals surface area contributed by atoms with E-state index in [1.165, 1.54) is 36.4 Å². The van der Waals surface area contributed by atoms with E-state index in [0.29, 0.717) is 44.6 Å². The van der Waals surface area contributed by atoms with Crippen molar-refractivity contribution in [1.82, 2.24) is 10.2 Å². The van der Waals surface area contributed by atoms with E-state index in [-0.39, 0.29) is 41.2 Å². The van der Waals surface area contributed by atoms with Gasteiger partial charge in [0.05, 0.1) is 0 Å². The first-order chi connectivity index (χ1) is 16.3. The van der Waals surface area contributed by atoms with Crippen LogP contribution in [0.3, 0.4) is 0 Å². The van der Waals surface area contributed by atoms with Gasteiger partial charge in [0, 0.05) is 32.1 Å². The first-order valence-corrected chi connectivity index (χ1v) is 11.3. The molecular formula is C25H33N3O6. The van der Waals surface area contributed by atoms with Crippen LogP contribution < -0.4 is 11.1 Å². The highest BCUT2D eigenvalue weighted by Gasteiger charge is 2.13. The molecule has 0 saturated heterocycles. The Morgan fingerprint density at radius 3 is 2.24 bits per heavy atom. The summed E-state index contributed by atoms with van der Waals surface area (Å²) in [7, 11) is 0. The van der Waals surface area contributed by atoms with Crippen molar-refractivity contribution in [2.45, 2.75) is 32.1 Å². The summed E-state index contributed by atoms with van der Waals surface area (Å²) in [6.07, 6.45) is 5.74. The van der Waals surface area contributed by atoms with Crippen LogP contribution in [0.25, 0.3) is 6.08 Å². The lowest BCUT2D eigenvalue weighted by Crippen LogP contribution is -2.35. The number of rotatable bonds is 13. The number of nitrogens with one attached hydrogen (secondary N) is 1. The van der Waals surface area contributed by atoms with Crippen molar-refractivity contribution in [3.05, 3.63) is 53.6 Å². The molecule has 0 atom stereocenters. The molecule has 2 amide bonds. The van der Waals surface area contributed by atoms with Gasteiger partial charge in [-0.25, -0.2) is 0 Å². The van der Waals surface area contributed by atoms with E-state index in [9.17, 15) is 30.0 Å². The standard InChI is InChI=1S/C25H33N3O6/c26-12-1-2-14-28(25(34)11-7-19-5-9-21(30)23(32)17-19)15-3-13-27-24(33)10-6-18-4-8-20(29)22(31)16-18/h4-6,8-10,16-17,29-32H,1-3,7,11-15,26H2,(H,27,33). The Kier molecular flexibility index (Phi) is 10.7. The van der Waals surface area contributed by atoms with Gasteiger partial charge in [0.25, 0.3) is 0 Å². The summed E-state index contributed by atoms with van der Waals surface area (Å²) in [4.78, 5) is 26.5. The van der Waals surface area contributed by atoms with Crippen molar-refractivity contribution >= 4 is 17.9 Å². The van der Waals surface area contributed by atoms with E-state index < -0.39 is 0 Å². The second kappa shape index (κ2) is 13.7. The third-order valence-electron chi connectivity index (χ3n) is 5.23. The maximum atomic E-state index is 12.7. The molecule has 7 N–H and O–H groups in total. The van der Waals surface area contributed by atoms with Gasteiger partial charge in [-0.2, -0.15) is 0 Å². The molecule has 9 nitrogen and oxygen atoms in total. The SMILES string of the molecule is NCCCCN(CCCNC(=O)C=Cc1ccc(O)c(O)c1)C(=O)CCc1ccc(O)c(O)c1. The number of unbranched alkanes of at least 4 members (excludes halogenated alkanes) is 1. The van der Waals surface area contributed by atoms with Gasteiger partial charge in [-0.05, 0) is 73.7 Å². The second-order valence-electron chi connectivity index (χ2n) is 7.93. The van der Waals surface area contributed by atoms with Gasteiger partial charge >= 0.3 is 0 Å². The Balaban J connectivity index is 1.80. The monoisotopic (exact) mass is 471 g/mol. The summed E-state index contributed by atoms with van der Waals surface area (Å²) in [6.45, 7) is 2.00. The average Bonchev–Trinajstić information content (AvgIpc) is 2.82. The number of aryl methyl sites for hydroxylation is 1. The molecule has 0 spiro atoms. The van der Waals surface area contributed by atoms with Gasteiger partial charge in [-0.3, -0.25) is 9.59 Å². The highest BCUT2D eigenvalue weighted by atomic mass is 16.3. The number of hydrogen-bond acceptors (Lipinski definition) is 7. The van der Waals surface area contributed by atoms with Gasteiger partial charge in [-0.15, -0.1) is 0 Å². The lowest BCUT2D eigenvalue weighted by atomic mass is 10.1. The highest BCUT2D eigenvalue weighted by molar-refractivity contribution is 5.91. The molecule has 0 heterocycles. The topological polar surface area (TPSA) is 156 Å². The predicted octanol–water partition coefficient (Wildman–Crippen LogP) is 2.23. The Morgan fingerprint density at radius 2 is 1.56 bits per heavy atom. The smallest absolute Gasteiger partial charge is 0.244 e. The van der Waals surface area contributed by atoms with Crippen LogP contribution in [0.15, 0.2) is 42.5 Å². The number of carbonyl (C=O) groups excluding carboxylic acids is 2. The predicted molar refractivity (Wildman–Crippen MR) is 129 cm³/mol. The van der Waals surface area contributed by atoms with E-state index in [1.54, 1.807) is 17.0 Å². The van der Waals surface area contributed by atoms with Crippen LogP contribution in [-0.2, 0) is 16.0 Å². The minimum atomic E-state index is -0.305. The summed E-state index contributed by atoms with van der Waals surface area (Å²) in [5.74, 6) is -1.23. The molecule has 0 aliphatic carbocycles. The Hall–Kier alpha value is -3.72. The summed E-state index contributed by atoms with van der Waals surface area (Å²) >= 11 is 0. The van der Waals surface area contributed by atoms with Gasteiger partial charge in [-0.1, -0.05) is 12.1 Å². The van der Waals surface area contributed by atoms with Gasteiger partial charge in [0.2, 0.25) is 11.8 Å². The lowest BCUT2D eigenvalue weighted by molar-refractivity contribution is -0.131. The molecule has 34 heavy (non-hydrogen) atoms. The van der Waals surface area contributed by atoms with Crippen molar-refractivity contribution in [3.63, 3.8) is 0 Å². The third kappa shape index (κ3) is 9.03. The second-order valence-corrected chi connectivity index (χ2v) is 7.93. The van der Waals surface area contributed by atoms with E-state index in [2.05, 4.69) is 5.32 Å².